The summed E-state index contributed by atoms with van der Waals surface area (Å²) in [5.41, 5.74) is 4.34. The summed E-state index contributed by atoms with van der Waals surface area (Å²) < 4.78 is 0. The number of hydrogen-bond acceptors (Lipinski definition) is 3. The maximum absolute atomic E-state index is 12.8. The van der Waals surface area contributed by atoms with Crippen LogP contribution in [0.5, 0.6) is 0 Å². The summed E-state index contributed by atoms with van der Waals surface area (Å²) in [5, 5.41) is 5.86. The Labute approximate surface area is 186 Å². The third-order valence-electron chi connectivity index (χ3n) is 6.37. The van der Waals surface area contributed by atoms with Crippen LogP contribution in [0.4, 0.5) is 0 Å². The Balaban J connectivity index is 1.62. The Morgan fingerprint density at radius 3 is 2.45 bits per heavy atom. The second-order valence-electron chi connectivity index (χ2n) is 9.67. The van der Waals surface area contributed by atoms with Gasteiger partial charge in [-0.1, -0.05) is 57.2 Å². The first-order valence-corrected chi connectivity index (χ1v) is 11.0. The molecule has 3 rings (SSSR count). The molecule has 2 aromatic rings. The number of carbonyl (C=O) groups excluding carboxylic acids is 2. The number of nitrogens with zero attached hydrogens (tertiary/aromatic N) is 1. The van der Waals surface area contributed by atoms with Crippen molar-refractivity contribution >= 4 is 11.8 Å². The molecule has 2 amide bonds. The molecule has 2 N–H and O–H groups in total. The highest BCUT2D eigenvalue weighted by molar-refractivity contribution is 5.94. The Hall–Kier alpha value is -2.66. The highest BCUT2D eigenvalue weighted by atomic mass is 16.2. The van der Waals surface area contributed by atoms with Crippen molar-refractivity contribution in [3.05, 3.63) is 70.8 Å². The lowest BCUT2D eigenvalue weighted by Crippen LogP contribution is -2.46. The topological polar surface area (TPSA) is 61.4 Å². The van der Waals surface area contributed by atoms with Gasteiger partial charge in [-0.2, -0.15) is 0 Å². The predicted octanol–water partition coefficient (Wildman–Crippen LogP) is 3.74. The minimum Gasteiger partial charge on any atom is -0.355 e. The molecule has 0 spiro atoms. The van der Waals surface area contributed by atoms with Gasteiger partial charge in [-0.3, -0.25) is 14.5 Å². The summed E-state index contributed by atoms with van der Waals surface area (Å²) in [7, 11) is 3.73. The molecule has 0 bridgehead atoms. The SMILES string of the molecule is CNC(=O)c1ccc2c(c1)CN(C)[C@H](CNC(=O)CC(c1ccccc1)C(C)(C)C)C2. The molecule has 0 radical (unpaired) electrons. The van der Waals surface area contributed by atoms with Gasteiger partial charge in [0, 0.05) is 38.2 Å². The number of amides is 2. The Bertz CT molecular complexity index is 918. The summed E-state index contributed by atoms with van der Waals surface area (Å²) in [6, 6.07) is 16.5. The number of fused-ring (bicyclic) bond motifs is 1. The quantitative estimate of drug-likeness (QED) is 0.747. The van der Waals surface area contributed by atoms with Gasteiger partial charge in [0.25, 0.3) is 5.91 Å². The van der Waals surface area contributed by atoms with Crippen LogP contribution in [0.1, 0.15) is 60.2 Å². The van der Waals surface area contributed by atoms with E-state index in [1.165, 1.54) is 16.7 Å². The highest BCUT2D eigenvalue weighted by Gasteiger charge is 2.29. The summed E-state index contributed by atoms with van der Waals surface area (Å²) in [6.45, 7) is 7.97. The van der Waals surface area contributed by atoms with Crippen molar-refractivity contribution < 1.29 is 9.59 Å². The van der Waals surface area contributed by atoms with E-state index in [2.05, 4.69) is 55.5 Å². The summed E-state index contributed by atoms with van der Waals surface area (Å²) >= 11 is 0. The third kappa shape index (κ3) is 5.73. The zero-order valence-corrected chi connectivity index (χ0v) is 19.4. The number of hydrogen-bond donors (Lipinski definition) is 2. The largest absolute Gasteiger partial charge is 0.355 e. The fourth-order valence-corrected chi connectivity index (χ4v) is 4.39. The van der Waals surface area contributed by atoms with Crippen molar-refractivity contribution in [2.45, 2.75) is 52.1 Å². The molecule has 5 nitrogen and oxygen atoms in total. The van der Waals surface area contributed by atoms with E-state index in [-0.39, 0.29) is 29.2 Å². The molecule has 1 aliphatic heterocycles. The van der Waals surface area contributed by atoms with Gasteiger partial charge >= 0.3 is 0 Å². The maximum atomic E-state index is 12.8. The van der Waals surface area contributed by atoms with Gasteiger partial charge in [0.2, 0.25) is 5.91 Å². The average Bonchev–Trinajstić information content (AvgIpc) is 2.74. The van der Waals surface area contributed by atoms with E-state index in [4.69, 9.17) is 0 Å². The molecule has 5 heteroatoms. The van der Waals surface area contributed by atoms with Gasteiger partial charge in [0.1, 0.15) is 0 Å². The maximum Gasteiger partial charge on any atom is 0.251 e. The molecule has 166 valence electrons. The first-order valence-electron chi connectivity index (χ1n) is 11.0. The second-order valence-corrected chi connectivity index (χ2v) is 9.67. The van der Waals surface area contributed by atoms with Crippen LogP contribution in [0, 0.1) is 5.41 Å². The Kier molecular flexibility index (Phi) is 7.16. The highest BCUT2D eigenvalue weighted by Crippen LogP contribution is 2.37. The Morgan fingerprint density at radius 1 is 1.10 bits per heavy atom. The van der Waals surface area contributed by atoms with Crippen LogP contribution < -0.4 is 10.6 Å². The van der Waals surface area contributed by atoms with Crippen molar-refractivity contribution in [1.82, 2.24) is 15.5 Å². The van der Waals surface area contributed by atoms with Crippen molar-refractivity contribution in [3.8, 4) is 0 Å². The number of likely N-dealkylation sites (N-methyl/N-ethyl adjacent to an activating group) is 1. The number of benzene rings is 2. The molecule has 2 atom stereocenters. The number of nitrogens with one attached hydrogen (secondary N) is 2. The molecule has 0 saturated heterocycles. The number of rotatable bonds is 6. The molecule has 0 aliphatic carbocycles. The third-order valence-corrected chi connectivity index (χ3v) is 6.37. The van der Waals surface area contributed by atoms with Gasteiger partial charge in [-0.15, -0.1) is 0 Å². The van der Waals surface area contributed by atoms with Crippen LogP contribution in [0.25, 0.3) is 0 Å². The molecule has 0 fully saturated rings. The van der Waals surface area contributed by atoms with Gasteiger partial charge in [0.05, 0.1) is 0 Å². The van der Waals surface area contributed by atoms with E-state index >= 15 is 0 Å². The van der Waals surface area contributed by atoms with Crippen molar-refractivity contribution in [2.75, 3.05) is 20.6 Å². The zero-order chi connectivity index (χ0) is 22.6. The summed E-state index contributed by atoms with van der Waals surface area (Å²) in [5.74, 6) is 0.200. The lowest BCUT2D eigenvalue weighted by Gasteiger charge is -2.35. The fraction of sp³-hybridized carbons (Fsp3) is 0.462. The van der Waals surface area contributed by atoms with E-state index in [1.54, 1.807) is 7.05 Å². The lowest BCUT2D eigenvalue weighted by atomic mass is 9.74. The van der Waals surface area contributed by atoms with E-state index < -0.39 is 0 Å². The van der Waals surface area contributed by atoms with Crippen molar-refractivity contribution in [3.63, 3.8) is 0 Å². The van der Waals surface area contributed by atoms with Crippen LogP contribution in [-0.4, -0.2) is 43.4 Å². The average molecular weight is 422 g/mol. The molecule has 31 heavy (non-hydrogen) atoms. The van der Waals surface area contributed by atoms with Crippen LogP contribution in [0.2, 0.25) is 0 Å². The van der Waals surface area contributed by atoms with Gasteiger partial charge in [-0.25, -0.2) is 0 Å². The molecule has 1 unspecified atom stereocenters. The molecule has 1 aliphatic rings. The first-order chi connectivity index (χ1) is 14.7. The first kappa shape index (κ1) is 23.0. The predicted molar refractivity (Wildman–Crippen MR) is 125 cm³/mol. The molecule has 2 aromatic carbocycles. The summed E-state index contributed by atoms with van der Waals surface area (Å²) in [4.78, 5) is 27.0. The molecule has 0 saturated carbocycles. The van der Waals surface area contributed by atoms with Gasteiger partial charge in [0.15, 0.2) is 0 Å². The molecule has 0 aromatic heterocycles. The van der Waals surface area contributed by atoms with E-state index in [1.807, 2.05) is 36.4 Å². The minimum atomic E-state index is -0.0633. The van der Waals surface area contributed by atoms with Gasteiger partial charge in [-0.05, 0) is 53.6 Å². The van der Waals surface area contributed by atoms with Crippen molar-refractivity contribution in [2.24, 2.45) is 5.41 Å². The smallest absolute Gasteiger partial charge is 0.251 e. The molecule has 1 heterocycles. The van der Waals surface area contributed by atoms with Crippen LogP contribution >= 0.6 is 0 Å². The summed E-state index contributed by atoms with van der Waals surface area (Å²) in [6.07, 6.45) is 1.34. The standard InChI is InChI=1S/C26H35N3O2/c1-26(2,3)23(18-9-7-6-8-10-18)15-24(30)28-16-22-14-19-11-12-20(25(31)27-4)13-21(19)17-29(22)5/h6-13,22-23H,14-17H2,1-5H3,(H,27,31)(H,28,30)/t22-,23?/m0/s1. The van der Waals surface area contributed by atoms with E-state index in [0.717, 1.165) is 13.0 Å². The van der Waals surface area contributed by atoms with Crippen LogP contribution in [0.15, 0.2) is 48.5 Å². The Morgan fingerprint density at radius 2 is 1.81 bits per heavy atom. The van der Waals surface area contributed by atoms with Gasteiger partial charge < -0.3 is 10.6 Å². The fourth-order valence-electron chi connectivity index (χ4n) is 4.39. The van der Waals surface area contributed by atoms with E-state index in [9.17, 15) is 9.59 Å². The zero-order valence-electron chi connectivity index (χ0n) is 19.4. The second kappa shape index (κ2) is 9.65. The van der Waals surface area contributed by atoms with Crippen molar-refractivity contribution in [1.29, 1.82) is 0 Å². The minimum absolute atomic E-state index is 0.00174. The van der Waals surface area contributed by atoms with E-state index in [0.29, 0.717) is 18.5 Å². The monoisotopic (exact) mass is 421 g/mol. The molecular weight excluding hydrogens is 386 g/mol. The van der Waals surface area contributed by atoms with Crippen LogP contribution in [-0.2, 0) is 17.8 Å². The lowest BCUT2D eigenvalue weighted by molar-refractivity contribution is -0.122. The number of carbonyl (C=O) groups is 2. The van der Waals surface area contributed by atoms with Crippen LogP contribution in [0.3, 0.4) is 0 Å². The normalized spacial score (nSPS) is 17.5. The molecular formula is C26H35N3O2.